The first-order chi connectivity index (χ1) is 18.2. The minimum Gasteiger partial charge on any atom is -0.346 e. The third-order valence-corrected chi connectivity index (χ3v) is 7.60. The highest BCUT2D eigenvalue weighted by Crippen LogP contribution is 2.24. The number of unbranched alkanes of at least 4 members (excludes halogenated alkanes) is 14. The van der Waals surface area contributed by atoms with Crippen molar-refractivity contribution in [2.75, 3.05) is 0 Å². The Kier molecular flexibility index (Phi) is 14.8. The highest BCUT2D eigenvalue weighted by molar-refractivity contribution is 5.98. The zero-order valence-corrected chi connectivity index (χ0v) is 24.1. The zero-order chi connectivity index (χ0) is 27.8. The number of hydrogen-bond donors (Lipinski definition) is 0. The molecule has 0 amide bonds. The van der Waals surface area contributed by atoms with Crippen molar-refractivity contribution >= 4 is 5.78 Å². The second-order valence-electron chi connectivity index (χ2n) is 11.1. The van der Waals surface area contributed by atoms with E-state index >= 15 is 0 Å². The number of benzene rings is 1. The Morgan fingerprint density at radius 3 is 1.63 bits per heavy atom. The molecule has 0 spiro atoms. The molecule has 2 rings (SSSR count). The third-order valence-electron chi connectivity index (χ3n) is 7.60. The van der Waals surface area contributed by atoms with E-state index in [1.54, 1.807) is 12.1 Å². The molecule has 0 aliphatic rings. The van der Waals surface area contributed by atoms with Crippen LogP contribution in [0.15, 0.2) is 30.5 Å². The summed E-state index contributed by atoms with van der Waals surface area (Å²) in [7, 11) is 0. The van der Waals surface area contributed by atoms with Crippen molar-refractivity contribution in [2.24, 2.45) is 0 Å². The number of rotatable bonds is 20. The van der Waals surface area contributed by atoms with Gasteiger partial charge in [-0.3, -0.25) is 4.79 Å². The van der Waals surface area contributed by atoms with Gasteiger partial charge in [-0.15, -0.1) is 0 Å². The van der Waals surface area contributed by atoms with Crippen molar-refractivity contribution in [1.29, 1.82) is 0 Å². The van der Waals surface area contributed by atoms with E-state index in [9.17, 15) is 18.0 Å². The monoisotopic (exact) mass is 533 g/mol. The normalized spacial score (nSPS) is 11.8. The summed E-state index contributed by atoms with van der Waals surface area (Å²) in [6, 6.07) is 6.56. The Hall–Kier alpha value is -2.04. The predicted molar refractivity (Wildman–Crippen MR) is 153 cm³/mol. The van der Waals surface area contributed by atoms with Crippen LogP contribution in [0.5, 0.6) is 0 Å². The van der Waals surface area contributed by atoms with Gasteiger partial charge in [0.2, 0.25) is 0 Å². The molecule has 214 valence electrons. The summed E-state index contributed by atoms with van der Waals surface area (Å²) in [5, 5.41) is 0. The lowest BCUT2D eigenvalue weighted by atomic mass is 10.0. The maximum Gasteiger partial charge on any atom is 0.393 e. The second-order valence-corrected chi connectivity index (χ2v) is 11.1. The van der Waals surface area contributed by atoms with Gasteiger partial charge >= 0.3 is 6.18 Å². The average molecular weight is 534 g/mol. The van der Waals surface area contributed by atoms with Gasteiger partial charge < -0.3 is 4.57 Å². The summed E-state index contributed by atoms with van der Waals surface area (Å²) in [4.78, 5) is 12.9. The Bertz CT molecular complexity index is 927. The molecule has 0 N–H and O–H groups in total. The molecule has 2 aromatic rings. The molecule has 1 aromatic carbocycles. The number of aromatic nitrogens is 1. The summed E-state index contributed by atoms with van der Waals surface area (Å²) < 4.78 is 39.8. The number of halogens is 3. The van der Waals surface area contributed by atoms with Crippen LogP contribution in [-0.4, -0.2) is 16.5 Å². The summed E-state index contributed by atoms with van der Waals surface area (Å²) in [5.74, 6) is 0.203. The fourth-order valence-electron chi connectivity index (χ4n) is 5.38. The van der Waals surface area contributed by atoms with Crippen LogP contribution in [0.2, 0.25) is 0 Å². The highest BCUT2D eigenvalue weighted by Gasteiger charge is 2.27. The van der Waals surface area contributed by atoms with Crippen molar-refractivity contribution in [3.8, 4) is 0 Å². The van der Waals surface area contributed by atoms with E-state index in [2.05, 4.69) is 6.92 Å². The summed E-state index contributed by atoms with van der Waals surface area (Å²) in [5.41, 5.74) is 3.91. The van der Waals surface area contributed by atoms with Crippen LogP contribution < -0.4 is 0 Å². The van der Waals surface area contributed by atoms with Crippen LogP contribution in [-0.2, 0) is 13.0 Å². The quantitative estimate of drug-likeness (QED) is 0.123. The van der Waals surface area contributed by atoms with Crippen LogP contribution in [0.3, 0.4) is 0 Å². The molecule has 0 atom stereocenters. The molecule has 0 bridgehead atoms. The molecule has 0 saturated carbocycles. The molecular formula is C33H50F3NO. The second kappa shape index (κ2) is 17.5. The first-order valence-electron chi connectivity index (χ1n) is 15.1. The van der Waals surface area contributed by atoms with Crippen LogP contribution in [0.25, 0.3) is 0 Å². The average Bonchev–Trinajstić information content (AvgIpc) is 3.14. The van der Waals surface area contributed by atoms with Crippen molar-refractivity contribution in [2.45, 2.75) is 143 Å². The van der Waals surface area contributed by atoms with Crippen LogP contribution in [0, 0.1) is 13.8 Å². The van der Waals surface area contributed by atoms with E-state index in [-0.39, 0.29) is 11.3 Å². The first-order valence-corrected chi connectivity index (χ1v) is 15.1. The van der Waals surface area contributed by atoms with E-state index in [1.165, 1.54) is 95.6 Å². The number of aryl methyl sites for hydroxylation is 1. The number of carbonyl (C=O) groups excluding carboxylic acids is 1. The van der Waals surface area contributed by atoms with Gasteiger partial charge in [-0.25, -0.2) is 0 Å². The smallest absolute Gasteiger partial charge is 0.346 e. The molecule has 5 heteroatoms. The Morgan fingerprint density at radius 1 is 0.711 bits per heavy atom. The lowest BCUT2D eigenvalue weighted by Crippen LogP contribution is -2.11. The summed E-state index contributed by atoms with van der Waals surface area (Å²) in [6.45, 7) is 6.74. The molecule has 0 fully saturated rings. The number of carbonyl (C=O) groups is 1. The Balaban J connectivity index is 1.61. The van der Waals surface area contributed by atoms with Crippen molar-refractivity contribution in [3.63, 3.8) is 0 Å². The van der Waals surface area contributed by atoms with Gasteiger partial charge in [0.15, 0.2) is 5.78 Å². The SMILES string of the molecule is CCCCCCCCCCCCCCCCCC(=O)c1c(C)cn(Cc2ccc(CC(F)(F)F)cc2)c1C. The van der Waals surface area contributed by atoms with Gasteiger partial charge in [-0.2, -0.15) is 13.2 Å². The van der Waals surface area contributed by atoms with E-state index in [4.69, 9.17) is 0 Å². The molecule has 0 saturated heterocycles. The Labute approximate surface area is 229 Å². The topological polar surface area (TPSA) is 22.0 Å². The molecule has 38 heavy (non-hydrogen) atoms. The minimum atomic E-state index is -4.20. The van der Waals surface area contributed by atoms with Gasteiger partial charge in [0.25, 0.3) is 0 Å². The summed E-state index contributed by atoms with van der Waals surface area (Å²) >= 11 is 0. The minimum absolute atomic E-state index is 0.203. The maximum atomic E-state index is 12.9. The lowest BCUT2D eigenvalue weighted by Gasteiger charge is -2.10. The zero-order valence-electron chi connectivity index (χ0n) is 24.1. The van der Waals surface area contributed by atoms with Gasteiger partial charge in [0.1, 0.15) is 0 Å². The maximum absolute atomic E-state index is 12.9. The fourth-order valence-corrected chi connectivity index (χ4v) is 5.38. The molecule has 1 aromatic heterocycles. The van der Waals surface area contributed by atoms with Crippen LogP contribution in [0.4, 0.5) is 13.2 Å². The fraction of sp³-hybridized carbons (Fsp3) is 0.667. The van der Waals surface area contributed by atoms with E-state index in [1.807, 2.05) is 24.6 Å². The molecule has 1 heterocycles. The van der Waals surface area contributed by atoms with Crippen LogP contribution >= 0.6 is 0 Å². The van der Waals surface area contributed by atoms with Crippen LogP contribution in [0.1, 0.15) is 142 Å². The summed E-state index contributed by atoms with van der Waals surface area (Å²) in [6.07, 6.45) is 17.1. The number of ketones is 1. The van der Waals surface area contributed by atoms with Crippen molar-refractivity contribution in [1.82, 2.24) is 4.57 Å². The predicted octanol–water partition coefficient (Wildman–Crippen LogP) is 10.7. The molecule has 0 radical (unpaired) electrons. The van der Waals surface area contributed by atoms with Gasteiger partial charge in [-0.05, 0) is 37.0 Å². The molecule has 2 nitrogen and oxygen atoms in total. The third kappa shape index (κ3) is 12.7. The van der Waals surface area contributed by atoms with E-state index in [0.29, 0.717) is 13.0 Å². The number of Topliss-reactive ketones (excluding diaryl/α,β-unsaturated/α-hetero) is 1. The lowest BCUT2D eigenvalue weighted by molar-refractivity contribution is -0.127. The highest BCUT2D eigenvalue weighted by atomic mass is 19.4. The molecule has 0 unspecified atom stereocenters. The van der Waals surface area contributed by atoms with Gasteiger partial charge in [-0.1, -0.05) is 121 Å². The van der Waals surface area contributed by atoms with E-state index in [0.717, 1.165) is 35.2 Å². The van der Waals surface area contributed by atoms with Gasteiger partial charge in [0.05, 0.1) is 6.42 Å². The number of nitrogens with zero attached hydrogens (tertiary/aromatic N) is 1. The molecule has 0 aliphatic carbocycles. The molecule has 0 aliphatic heterocycles. The van der Waals surface area contributed by atoms with Crippen molar-refractivity contribution in [3.05, 3.63) is 58.4 Å². The number of hydrogen-bond acceptors (Lipinski definition) is 1. The standard InChI is InChI=1S/C33H50F3NO/c1-4-5-6-7-8-9-10-11-12-13-14-15-16-17-18-19-31(38)32-27(2)25-37(28(32)3)26-30-22-20-29(21-23-30)24-33(34,35)36/h20-23,25H,4-19,24,26H2,1-3H3. The first kappa shape index (κ1) is 32.2. The largest absolute Gasteiger partial charge is 0.393 e. The number of alkyl halides is 3. The van der Waals surface area contributed by atoms with E-state index < -0.39 is 12.6 Å². The Morgan fingerprint density at radius 2 is 1.16 bits per heavy atom. The molecular weight excluding hydrogens is 483 g/mol. The van der Waals surface area contributed by atoms with Crippen molar-refractivity contribution < 1.29 is 18.0 Å². The van der Waals surface area contributed by atoms with Gasteiger partial charge in [0, 0.05) is 30.4 Å².